The standard InChI is InChI=1S/C17H16N2O6/c1-24-17(21)15-13(9-5-7-10(8-6-9)19(22)23)14-11(20)3-2-4-12(14)25-16(15)18/h5-8,13H,2-4,18H2,1H3/t13-/m0/s1. The average molecular weight is 344 g/mol. The van der Waals surface area contributed by atoms with Crippen LogP contribution in [0.1, 0.15) is 30.7 Å². The fourth-order valence-corrected chi connectivity index (χ4v) is 3.19. The van der Waals surface area contributed by atoms with Crippen molar-refractivity contribution in [1.82, 2.24) is 0 Å². The van der Waals surface area contributed by atoms with Gasteiger partial charge >= 0.3 is 5.97 Å². The highest BCUT2D eigenvalue weighted by Crippen LogP contribution is 2.44. The van der Waals surface area contributed by atoms with E-state index in [1.807, 2.05) is 0 Å². The lowest BCUT2D eigenvalue weighted by molar-refractivity contribution is -0.384. The van der Waals surface area contributed by atoms with E-state index in [-0.39, 0.29) is 22.9 Å². The Hall–Kier alpha value is -3.16. The molecule has 2 N–H and O–H groups in total. The van der Waals surface area contributed by atoms with E-state index in [2.05, 4.69) is 0 Å². The predicted octanol–water partition coefficient (Wildman–Crippen LogP) is 2.06. The Morgan fingerprint density at radius 3 is 2.60 bits per heavy atom. The molecule has 1 aliphatic heterocycles. The molecular formula is C17H16N2O6. The number of non-ortho nitro benzene ring substituents is 1. The number of carbonyl (C=O) groups is 2. The maximum atomic E-state index is 12.5. The number of methoxy groups -OCH3 is 1. The molecule has 1 aromatic rings. The Morgan fingerprint density at radius 1 is 1.32 bits per heavy atom. The average Bonchev–Trinajstić information content (AvgIpc) is 2.60. The summed E-state index contributed by atoms with van der Waals surface area (Å²) in [5.74, 6) is -1.25. The van der Waals surface area contributed by atoms with Crippen molar-refractivity contribution in [1.29, 1.82) is 0 Å². The van der Waals surface area contributed by atoms with Crippen LogP contribution < -0.4 is 5.73 Å². The zero-order valence-electron chi connectivity index (χ0n) is 13.5. The van der Waals surface area contributed by atoms with Gasteiger partial charge in [0.15, 0.2) is 5.78 Å². The number of nitrogens with two attached hydrogens (primary N) is 1. The van der Waals surface area contributed by atoms with Crippen molar-refractivity contribution in [3.63, 3.8) is 0 Å². The molecule has 8 nitrogen and oxygen atoms in total. The molecule has 0 bridgehead atoms. The number of rotatable bonds is 3. The molecule has 0 aromatic heterocycles. The minimum Gasteiger partial charge on any atom is -0.465 e. The van der Waals surface area contributed by atoms with Crippen LogP contribution in [0.25, 0.3) is 0 Å². The minimum absolute atomic E-state index is 0.0327. The van der Waals surface area contributed by atoms with Crippen molar-refractivity contribution in [2.45, 2.75) is 25.2 Å². The number of Topliss-reactive ketones (excluding diaryl/α,β-unsaturated/α-hetero) is 1. The summed E-state index contributed by atoms with van der Waals surface area (Å²) in [6.07, 6.45) is 1.53. The van der Waals surface area contributed by atoms with Gasteiger partial charge in [-0.3, -0.25) is 14.9 Å². The zero-order valence-corrected chi connectivity index (χ0v) is 13.5. The summed E-state index contributed by atoms with van der Waals surface area (Å²) in [5.41, 5.74) is 6.77. The van der Waals surface area contributed by atoms with Crippen LogP contribution in [0.4, 0.5) is 5.69 Å². The number of ketones is 1. The summed E-state index contributed by atoms with van der Waals surface area (Å²) < 4.78 is 10.3. The first-order chi connectivity index (χ1) is 11.9. The Labute approximate surface area is 143 Å². The Bertz CT molecular complexity index is 822. The number of carbonyl (C=O) groups excluding carboxylic acids is 2. The van der Waals surface area contributed by atoms with E-state index in [1.165, 1.54) is 31.4 Å². The fraction of sp³-hybridized carbons (Fsp3) is 0.294. The van der Waals surface area contributed by atoms with Gasteiger partial charge in [-0.1, -0.05) is 12.1 Å². The zero-order chi connectivity index (χ0) is 18.1. The SMILES string of the molecule is COC(=O)C1=C(N)OC2=C(C(=O)CCC2)[C@@H]1c1ccc([N+](=O)[O-])cc1. The number of ether oxygens (including phenoxy) is 2. The lowest BCUT2D eigenvalue weighted by Gasteiger charge is -2.32. The summed E-state index contributed by atoms with van der Waals surface area (Å²) in [6.45, 7) is 0. The molecule has 0 unspecified atom stereocenters. The van der Waals surface area contributed by atoms with Gasteiger partial charge in [-0.2, -0.15) is 0 Å². The Balaban J connectivity index is 2.15. The number of allylic oxidation sites excluding steroid dienone is 2. The van der Waals surface area contributed by atoms with Gasteiger partial charge in [0.05, 0.1) is 18.0 Å². The third-order valence-electron chi connectivity index (χ3n) is 4.33. The van der Waals surface area contributed by atoms with Crippen LogP contribution in [0.2, 0.25) is 0 Å². The Morgan fingerprint density at radius 2 is 2.00 bits per heavy atom. The van der Waals surface area contributed by atoms with Crippen LogP contribution in [-0.4, -0.2) is 23.8 Å². The van der Waals surface area contributed by atoms with Crippen LogP contribution in [0.5, 0.6) is 0 Å². The van der Waals surface area contributed by atoms with Crippen LogP contribution in [0, 0.1) is 10.1 Å². The molecule has 0 radical (unpaired) electrons. The smallest absolute Gasteiger partial charge is 0.340 e. The first kappa shape index (κ1) is 16.7. The van der Waals surface area contributed by atoms with E-state index in [0.717, 1.165) is 0 Å². The number of benzene rings is 1. The summed E-state index contributed by atoms with van der Waals surface area (Å²) in [5, 5.41) is 10.9. The van der Waals surface area contributed by atoms with Crippen LogP contribution >= 0.6 is 0 Å². The van der Waals surface area contributed by atoms with Gasteiger partial charge in [0, 0.05) is 30.5 Å². The number of esters is 1. The summed E-state index contributed by atoms with van der Waals surface area (Å²) in [7, 11) is 1.21. The molecule has 0 saturated carbocycles. The maximum absolute atomic E-state index is 12.5. The van der Waals surface area contributed by atoms with E-state index < -0.39 is 16.8 Å². The molecule has 2 aliphatic rings. The molecule has 1 atom stereocenters. The highest BCUT2D eigenvalue weighted by atomic mass is 16.6. The summed E-state index contributed by atoms with van der Waals surface area (Å²) in [6, 6.07) is 5.67. The second-order valence-electron chi connectivity index (χ2n) is 5.77. The van der Waals surface area contributed by atoms with E-state index in [9.17, 15) is 19.7 Å². The van der Waals surface area contributed by atoms with Crippen molar-refractivity contribution in [2.75, 3.05) is 7.11 Å². The van der Waals surface area contributed by atoms with Crippen LogP contribution in [0.3, 0.4) is 0 Å². The number of nitro groups is 1. The molecule has 0 saturated heterocycles. The summed E-state index contributed by atoms with van der Waals surface area (Å²) >= 11 is 0. The van der Waals surface area contributed by atoms with Crippen molar-refractivity contribution >= 4 is 17.4 Å². The molecule has 1 aliphatic carbocycles. The molecule has 0 fully saturated rings. The van der Waals surface area contributed by atoms with Gasteiger partial charge < -0.3 is 15.2 Å². The molecule has 25 heavy (non-hydrogen) atoms. The van der Waals surface area contributed by atoms with Crippen LogP contribution in [0.15, 0.2) is 47.1 Å². The topological polar surface area (TPSA) is 122 Å². The lowest BCUT2D eigenvalue weighted by atomic mass is 9.77. The normalized spacial score (nSPS) is 20.0. The highest BCUT2D eigenvalue weighted by Gasteiger charge is 2.41. The van der Waals surface area contributed by atoms with E-state index in [4.69, 9.17) is 15.2 Å². The molecule has 1 heterocycles. The lowest BCUT2D eigenvalue weighted by Crippen LogP contribution is -2.31. The minimum atomic E-state index is -0.759. The van der Waals surface area contributed by atoms with Crippen molar-refractivity contribution < 1.29 is 24.0 Å². The van der Waals surface area contributed by atoms with Gasteiger partial charge in [0.1, 0.15) is 11.3 Å². The number of nitro benzene ring substituents is 1. The predicted molar refractivity (Wildman–Crippen MR) is 86.0 cm³/mol. The van der Waals surface area contributed by atoms with Crippen molar-refractivity contribution in [3.05, 3.63) is 62.7 Å². The molecule has 0 spiro atoms. The third-order valence-corrected chi connectivity index (χ3v) is 4.33. The van der Waals surface area contributed by atoms with Gasteiger partial charge in [0.25, 0.3) is 5.69 Å². The molecule has 3 rings (SSSR count). The number of nitrogens with zero attached hydrogens (tertiary/aromatic N) is 1. The Kier molecular flexibility index (Phi) is 4.26. The first-order valence-electron chi connectivity index (χ1n) is 7.70. The molecule has 8 heteroatoms. The summed E-state index contributed by atoms with van der Waals surface area (Å²) in [4.78, 5) is 35.1. The second kappa shape index (κ2) is 6.39. The largest absolute Gasteiger partial charge is 0.465 e. The van der Waals surface area contributed by atoms with E-state index >= 15 is 0 Å². The van der Waals surface area contributed by atoms with Gasteiger partial charge in [-0.05, 0) is 12.0 Å². The molecular weight excluding hydrogens is 328 g/mol. The maximum Gasteiger partial charge on any atom is 0.340 e. The van der Waals surface area contributed by atoms with Gasteiger partial charge in [0.2, 0.25) is 5.88 Å². The highest BCUT2D eigenvalue weighted by molar-refractivity contribution is 6.03. The van der Waals surface area contributed by atoms with E-state index in [0.29, 0.717) is 36.2 Å². The van der Waals surface area contributed by atoms with Crippen molar-refractivity contribution in [3.8, 4) is 0 Å². The quantitative estimate of drug-likeness (QED) is 0.506. The monoisotopic (exact) mass is 344 g/mol. The van der Waals surface area contributed by atoms with Gasteiger partial charge in [-0.15, -0.1) is 0 Å². The fourth-order valence-electron chi connectivity index (χ4n) is 3.19. The molecule has 1 aromatic carbocycles. The van der Waals surface area contributed by atoms with Crippen molar-refractivity contribution in [2.24, 2.45) is 5.73 Å². The van der Waals surface area contributed by atoms with Crippen LogP contribution in [-0.2, 0) is 19.1 Å². The third kappa shape index (κ3) is 2.86. The molecule has 130 valence electrons. The number of hydrogen-bond acceptors (Lipinski definition) is 7. The first-order valence-corrected chi connectivity index (χ1v) is 7.70. The number of hydrogen-bond donors (Lipinski definition) is 1. The van der Waals surface area contributed by atoms with Gasteiger partial charge in [-0.25, -0.2) is 4.79 Å². The molecule has 0 amide bonds. The second-order valence-corrected chi connectivity index (χ2v) is 5.77. The van der Waals surface area contributed by atoms with E-state index in [1.54, 1.807) is 0 Å².